The molecule has 1 aliphatic carbocycles. The highest BCUT2D eigenvalue weighted by Gasteiger charge is 2.30. The first-order valence-corrected chi connectivity index (χ1v) is 12.3. The highest BCUT2D eigenvalue weighted by atomic mass is 32.2. The number of carbonyl (C=O) groups excluding carboxylic acids is 1. The average molecular weight is 448 g/mol. The van der Waals surface area contributed by atoms with Gasteiger partial charge < -0.3 is 15.0 Å². The number of ether oxygens (including phenoxy) is 1. The minimum Gasteiger partial charge on any atom is -0.379 e. The van der Waals surface area contributed by atoms with Crippen molar-refractivity contribution in [3.8, 4) is 0 Å². The van der Waals surface area contributed by atoms with Gasteiger partial charge in [0.15, 0.2) is 0 Å². The van der Waals surface area contributed by atoms with Crippen LogP contribution in [-0.2, 0) is 14.8 Å². The van der Waals surface area contributed by atoms with E-state index in [-0.39, 0.29) is 35.0 Å². The highest BCUT2D eigenvalue weighted by molar-refractivity contribution is 7.89. The SMILES string of the molecule is C[C@H]1[C@H](C)CCC[C@@H]1NC(=O)c1c[nH]c2ccc(S(=O)(=O)N3CCOCC3)cc2c1=O. The molecule has 4 rings (SSSR count). The predicted molar refractivity (Wildman–Crippen MR) is 118 cm³/mol. The summed E-state index contributed by atoms with van der Waals surface area (Å²) in [5, 5.41) is 3.21. The van der Waals surface area contributed by atoms with Gasteiger partial charge in [-0.1, -0.05) is 26.7 Å². The van der Waals surface area contributed by atoms with Crippen LogP contribution in [0, 0.1) is 11.8 Å². The van der Waals surface area contributed by atoms with Crippen molar-refractivity contribution in [1.29, 1.82) is 0 Å². The third-order valence-electron chi connectivity index (χ3n) is 6.73. The van der Waals surface area contributed by atoms with Crippen LogP contribution in [0.1, 0.15) is 43.5 Å². The van der Waals surface area contributed by atoms with Gasteiger partial charge in [0.25, 0.3) is 5.91 Å². The van der Waals surface area contributed by atoms with Crippen molar-refractivity contribution in [2.45, 2.75) is 44.0 Å². The number of nitrogens with one attached hydrogen (secondary N) is 2. The lowest BCUT2D eigenvalue weighted by molar-refractivity contribution is 0.0730. The summed E-state index contributed by atoms with van der Waals surface area (Å²) in [6, 6.07) is 4.44. The van der Waals surface area contributed by atoms with Crippen molar-refractivity contribution < 1.29 is 17.9 Å². The Balaban J connectivity index is 1.65. The Morgan fingerprint density at radius 1 is 1.19 bits per heavy atom. The van der Waals surface area contributed by atoms with Gasteiger partial charge in [0, 0.05) is 36.2 Å². The Labute approximate surface area is 182 Å². The fourth-order valence-electron chi connectivity index (χ4n) is 4.49. The molecule has 8 nitrogen and oxygen atoms in total. The first kappa shape index (κ1) is 22.0. The summed E-state index contributed by atoms with van der Waals surface area (Å²) in [7, 11) is -3.74. The zero-order chi connectivity index (χ0) is 22.2. The number of aromatic amines is 1. The first-order chi connectivity index (χ1) is 14.8. The second-order valence-corrected chi connectivity index (χ2v) is 10.5. The summed E-state index contributed by atoms with van der Waals surface area (Å²) in [6.45, 7) is 5.55. The van der Waals surface area contributed by atoms with Crippen molar-refractivity contribution in [1.82, 2.24) is 14.6 Å². The monoisotopic (exact) mass is 447 g/mol. The Morgan fingerprint density at radius 2 is 1.94 bits per heavy atom. The van der Waals surface area contributed by atoms with Crippen LogP contribution < -0.4 is 10.7 Å². The smallest absolute Gasteiger partial charge is 0.256 e. The maximum Gasteiger partial charge on any atom is 0.256 e. The van der Waals surface area contributed by atoms with Crippen molar-refractivity contribution >= 4 is 26.8 Å². The van der Waals surface area contributed by atoms with Crippen molar-refractivity contribution in [2.24, 2.45) is 11.8 Å². The molecular formula is C22H29N3O5S. The van der Waals surface area contributed by atoms with Crippen LogP contribution in [0.2, 0.25) is 0 Å². The zero-order valence-corrected chi connectivity index (χ0v) is 18.7. The van der Waals surface area contributed by atoms with E-state index >= 15 is 0 Å². The molecule has 1 aliphatic heterocycles. The van der Waals surface area contributed by atoms with Gasteiger partial charge in [-0.2, -0.15) is 4.31 Å². The average Bonchev–Trinajstić information content (AvgIpc) is 2.77. The number of sulfonamides is 1. The summed E-state index contributed by atoms with van der Waals surface area (Å²) >= 11 is 0. The van der Waals surface area contributed by atoms with E-state index in [4.69, 9.17) is 4.74 Å². The second-order valence-electron chi connectivity index (χ2n) is 8.60. The quantitative estimate of drug-likeness (QED) is 0.746. The molecule has 0 unspecified atom stereocenters. The molecule has 9 heteroatoms. The van der Waals surface area contributed by atoms with Gasteiger partial charge in [-0.3, -0.25) is 9.59 Å². The van der Waals surface area contributed by atoms with Crippen LogP contribution >= 0.6 is 0 Å². The maximum absolute atomic E-state index is 13.1. The fraction of sp³-hybridized carbons (Fsp3) is 0.545. The van der Waals surface area contributed by atoms with Gasteiger partial charge in [0.1, 0.15) is 5.56 Å². The van der Waals surface area contributed by atoms with Crippen molar-refractivity contribution in [2.75, 3.05) is 26.3 Å². The Kier molecular flexibility index (Phi) is 6.18. The Morgan fingerprint density at radius 3 is 2.68 bits per heavy atom. The number of hydrogen-bond donors (Lipinski definition) is 2. The predicted octanol–water partition coefficient (Wildman–Crippen LogP) is 2.10. The number of H-pyrrole nitrogens is 1. The van der Waals surface area contributed by atoms with Crippen molar-refractivity contribution in [3.05, 3.63) is 40.2 Å². The second kappa shape index (κ2) is 8.72. The van der Waals surface area contributed by atoms with Crippen LogP contribution in [0.3, 0.4) is 0 Å². The first-order valence-electron chi connectivity index (χ1n) is 10.8. The molecular weight excluding hydrogens is 418 g/mol. The molecule has 2 fully saturated rings. The lowest BCUT2D eigenvalue weighted by Gasteiger charge is -2.34. The standard InChI is InChI=1S/C22H29N3O5S/c1-14-4-3-5-19(15(14)2)24-22(27)18-13-23-20-7-6-16(12-17(20)21(18)26)31(28,29)25-8-10-30-11-9-25/h6-7,12-15,19H,3-5,8-11H2,1-2H3,(H,23,26)(H,24,27)/t14-,15+,19+/m1/s1. The summed E-state index contributed by atoms with van der Waals surface area (Å²) < 4.78 is 32.5. The zero-order valence-electron chi connectivity index (χ0n) is 17.9. The van der Waals surface area contributed by atoms with Crippen LogP contribution in [0.4, 0.5) is 0 Å². The molecule has 31 heavy (non-hydrogen) atoms. The number of carbonyl (C=O) groups is 1. The molecule has 0 bridgehead atoms. The maximum atomic E-state index is 13.1. The molecule has 1 amide bonds. The number of pyridine rings is 1. The molecule has 1 saturated heterocycles. The van der Waals surface area contributed by atoms with E-state index in [1.807, 2.05) is 0 Å². The summed E-state index contributed by atoms with van der Waals surface area (Å²) in [6.07, 6.45) is 4.50. The van der Waals surface area contributed by atoms with Crippen LogP contribution in [0.25, 0.3) is 10.9 Å². The number of amides is 1. The van der Waals surface area contributed by atoms with E-state index in [1.165, 1.54) is 22.6 Å². The van der Waals surface area contributed by atoms with Crippen LogP contribution in [0.5, 0.6) is 0 Å². The Hall–Kier alpha value is -2.23. The Bertz CT molecular complexity index is 1140. The minimum absolute atomic E-state index is 0.00107. The third kappa shape index (κ3) is 4.26. The van der Waals surface area contributed by atoms with Gasteiger partial charge in [-0.15, -0.1) is 0 Å². The van der Waals surface area contributed by atoms with E-state index in [1.54, 1.807) is 6.07 Å². The van der Waals surface area contributed by atoms with Gasteiger partial charge in [0.05, 0.1) is 18.1 Å². The molecule has 2 aliphatic rings. The molecule has 0 radical (unpaired) electrons. The van der Waals surface area contributed by atoms with E-state index < -0.39 is 21.4 Å². The van der Waals surface area contributed by atoms with Gasteiger partial charge in [0.2, 0.25) is 15.5 Å². The molecule has 2 heterocycles. The van der Waals surface area contributed by atoms with Gasteiger partial charge in [-0.25, -0.2) is 8.42 Å². The summed E-state index contributed by atoms with van der Waals surface area (Å²) in [4.78, 5) is 29.0. The molecule has 168 valence electrons. The summed E-state index contributed by atoms with van der Waals surface area (Å²) in [5.74, 6) is 0.430. The topological polar surface area (TPSA) is 109 Å². The molecule has 3 atom stereocenters. The largest absolute Gasteiger partial charge is 0.379 e. The van der Waals surface area contributed by atoms with E-state index in [0.717, 1.165) is 19.3 Å². The number of fused-ring (bicyclic) bond motifs is 1. The van der Waals surface area contributed by atoms with E-state index in [9.17, 15) is 18.0 Å². The van der Waals surface area contributed by atoms with Crippen LogP contribution in [-0.4, -0.2) is 56.0 Å². The van der Waals surface area contributed by atoms with Gasteiger partial charge in [-0.05, 0) is 36.5 Å². The number of nitrogens with zero attached hydrogens (tertiary/aromatic N) is 1. The number of morpholine rings is 1. The molecule has 2 aromatic rings. The fourth-order valence-corrected chi connectivity index (χ4v) is 5.93. The van der Waals surface area contributed by atoms with Crippen LogP contribution in [0.15, 0.2) is 34.1 Å². The highest BCUT2D eigenvalue weighted by Crippen LogP contribution is 2.29. The molecule has 0 spiro atoms. The molecule has 2 N–H and O–H groups in total. The number of benzene rings is 1. The number of aromatic nitrogens is 1. The number of rotatable bonds is 4. The third-order valence-corrected chi connectivity index (χ3v) is 8.62. The van der Waals surface area contributed by atoms with E-state index in [0.29, 0.717) is 30.6 Å². The van der Waals surface area contributed by atoms with E-state index in [2.05, 4.69) is 24.1 Å². The lowest BCUT2D eigenvalue weighted by Crippen LogP contribution is -2.44. The summed E-state index contributed by atoms with van der Waals surface area (Å²) in [5.41, 5.74) is 0.0165. The molecule has 1 saturated carbocycles. The minimum atomic E-state index is -3.74. The molecule has 1 aromatic carbocycles. The normalized spacial score (nSPS) is 25.4. The number of hydrogen-bond acceptors (Lipinski definition) is 5. The van der Waals surface area contributed by atoms with Crippen molar-refractivity contribution in [3.63, 3.8) is 0 Å². The lowest BCUT2D eigenvalue weighted by atomic mass is 9.78. The van der Waals surface area contributed by atoms with Gasteiger partial charge >= 0.3 is 0 Å². The molecule has 1 aromatic heterocycles.